The summed E-state index contributed by atoms with van der Waals surface area (Å²) >= 11 is 0. The van der Waals surface area contributed by atoms with Gasteiger partial charge in [0.25, 0.3) is 0 Å². The third-order valence-corrected chi connectivity index (χ3v) is 3.43. The number of urea groups is 1. The van der Waals surface area contributed by atoms with Crippen LogP contribution in [0, 0.1) is 0 Å². The van der Waals surface area contributed by atoms with Crippen molar-refractivity contribution in [1.29, 1.82) is 0 Å². The average Bonchev–Trinajstić information content (AvgIpc) is 3.12. The molecule has 7 heteroatoms. The van der Waals surface area contributed by atoms with E-state index in [1.807, 2.05) is 12.1 Å². The van der Waals surface area contributed by atoms with Crippen molar-refractivity contribution in [3.05, 3.63) is 41.9 Å². The zero-order valence-electron chi connectivity index (χ0n) is 14.0. The van der Waals surface area contributed by atoms with E-state index in [9.17, 15) is 4.79 Å². The number of furan rings is 1. The Morgan fingerprint density at radius 3 is 2.33 bits per heavy atom. The summed E-state index contributed by atoms with van der Waals surface area (Å²) in [6.45, 7) is 0.825. The Morgan fingerprint density at radius 1 is 1.08 bits per heavy atom. The highest BCUT2D eigenvalue weighted by atomic mass is 16.5. The highest BCUT2D eigenvalue weighted by Crippen LogP contribution is 2.38. The van der Waals surface area contributed by atoms with E-state index >= 15 is 0 Å². The minimum absolute atomic E-state index is 0.251. The fourth-order valence-corrected chi connectivity index (χ4v) is 2.24. The first-order chi connectivity index (χ1) is 11.7. The molecule has 7 nitrogen and oxygen atoms in total. The number of rotatable bonds is 8. The Kier molecular flexibility index (Phi) is 6.36. The predicted molar refractivity (Wildman–Crippen MR) is 88.7 cm³/mol. The Balaban J connectivity index is 1.86. The van der Waals surface area contributed by atoms with Crippen LogP contribution >= 0.6 is 0 Å². The number of ether oxygens (including phenoxy) is 3. The quantitative estimate of drug-likeness (QED) is 0.774. The monoisotopic (exact) mass is 334 g/mol. The minimum Gasteiger partial charge on any atom is -0.493 e. The van der Waals surface area contributed by atoms with E-state index in [0.717, 1.165) is 5.56 Å². The van der Waals surface area contributed by atoms with Gasteiger partial charge in [-0.25, -0.2) is 4.79 Å². The molecule has 0 aliphatic heterocycles. The van der Waals surface area contributed by atoms with E-state index < -0.39 is 0 Å². The second-order valence-electron chi connectivity index (χ2n) is 4.97. The molecule has 0 saturated heterocycles. The normalized spacial score (nSPS) is 10.1. The number of hydrogen-bond donors (Lipinski definition) is 2. The first kappa shape index (κ1) is 17.5. The molecule has 1 aromatic heterocycles. The molecule has 0 unspecified atom stereocenters. The molecule has 1 aromatic carbocycles. The standard InChI is InChI=1S/C17H22N2O5/c1-21-14-9-12(10-15(22-2)16(14)23-3)6-7-18-17(20)19-11-13-5-4-8-24-13/h4-5,8-10H,6-7,11H2,1-3H3,(H2,18,19,20). The Labute approximate surface area is 140 Å². The van der Waals surface area contributed by atoms with E-state index in [1.165, 1.54) is 0 Å². The van der Waals surface area contributed by atoms with Gasteiger partial charge in [0.2, 0.25) is 5.75 Å². The molecule has 1 heterocycles. The van der Waals surface area contributed by atoms with Crippen LogP contribution < -0.4 is 24.8 Å². The third kappa shape index (κ3) is 4.58. The molecule has 130 valence electrons. The van der Waals surface area contributed by atoms with Crippen LogP contribution in [0.25, 0.3) is 0 Å². The van der Waals surface area contributed by atoms with Crippen molar-refractivity contribution in [2.24, 2.45) is 0 Å². The Bertz CT molecular complexity index is 630. The van der Waals surface area contributed by atoms with Crippen LogP contribution in [0.1, 0.15) is 11.3 Å². The zero-order chi connectivity index (χ0) is 17.4. The summed E-state index contributed by atoms with van der Waals surface area (Å²) < 4.78 is 21.1. The lowest BCUT2D eigenvalue weighted by atomic mass is 10.1. The van der Waals surface area contributed by atoms with Crippen LogP contribution in [-0.2, 0) is 13.0 Å². The van der Waals surface area contributed by atoms with Gasteiger partial charge in [-0.1, -0.05) is 0 Å². The van der Waals surface area contributed by atoms with E-state index in [1.54, 1.807) is 39.7 Å². The van der Waals surface area contributed by atoms with Gasteiger partial charge in [0.05, 0.1) is 34.1 Å². The lowest BCUT2D eigenvalue weighted by Crippen LogP contribution is -2.36. The van der Waals surface area contributed by atoms with Crippen molar-refractivity contribution >= 4 is 6.03 Å². The van der Waals surface area contributed by atoms with Crippen LogP contribution in [0.2, 0.25) is 0 Å². The summed E-state index contributed by atoms with van der Waals surface area (Å²) in [7, 11) is 4.70. The molecule has 2 amide bonds. The smallest absolute Gasteiger partial charge is 0.315 e. The summed E-state index contributed by atoms with van der Waals surface area (Å²) in [6.07, 6.45) is 2.20. The summed E-state index contributed by atoms with van der Waals surface area (Å²) in [4.78, 5) is 11.7. The predicted octanol–water partition coefficient (Wildman–Crippen LogP) is 2.35. The van der Waals surface area contributed by atoms with Crippen molar-refractivity contribution in [2.45, 2.75) is 13.0 Å². The van der Waals surface area contributed by atoms with Gasteiger partial charge in [-0.15, -0.1) is 0 Å². The molecular formula is C17H22N2O5. The van der Waals surface area contributed by atoms with Crippen molar-refractivity contribution in [2.75, 3.05) is 27.9 Å². The molecule has 2 aromatic rings. The number of amides is 2. The lowest BCUT2D eigenvalue weighted by molar-refractivity contribution is 0.239. The van der Waals surface area contributed by atoms with Gasteiger partial charge in [0, 0.05) is 6.54 Å². The molecule has 0 aliphatic carbocycles. The zero-order valence-corrected chi connectivity index (χ0v) is 14.0. The van der Waals surface area contributed by atoms with E-state index in [-0.39, 0.29) is 6.03 Å². The number of benzene rings is 1. The Morgan fingerprint density at radius 2 is 1.79 bits per heavy atom. The summed E-state index contributed by atoms with van der Waals surface area (Å²) in [5.74, 6) is 2.44. The molecule has 0 saturated carbocycles. The van der Waals surface area contributed by atoms with Crippen LogP contribution in [0.4, 0.5) is 4.79 Å². The summed E-state index contributed by atoms with van der Waals surface area (Å²) in [5, 5.41) is 5.51. The molecule has 0 atom stereocenters. The first-order valence-electron chi connectivity index (χ1n) is 7.51. The van der Waals surface area contributed by atoms with Gasteiger partial charge in [-0.3, -0.25) is 0 Å². The lowest BCUT2D eigenvalue weighted by Gasteiger charge is -2.14. The molecular weight excluding hydrogens is 312 g/mol. The molecule has 0 aliphatic rings. The molecule has 2 N–H and O–H groups in total. The average molecular weight is 334 g/mol. The molecule has 0 spiro atoms. The third-order valence-electron chi connectivity index (χ3n) is 3.43. The van der Waals surface area contributed by atoms with E-state index in [4.69, 9.17) is 18.6 Å². The van der Waals surface area contributed by atoms with Crippen LogP contribution in [0.3, 0.4) is 0 Å². The molecule has 2 rings (SSSR count). The van der Waals surface area contributed by atoms with Crippen LogP contribution in [-0.4, -0.2) is 33.9 Å². The molecule has 24 heavy (non-hydrogen) atoms. The maximum atomic E-state index is 11.7. The maximum Gasteiger partial charge on any atom is 0.315 e. The van der Waals surface area contributed by atoms with Crippen molar-refractivity contribution < 1.29 is 23.4 Å². The maximum absolute atomic E-state index is 11.7. The van der Waals surface area contributed by atoms with Gasteiger partial charge in [-0.05, 0) is 36.2 Å². The highest BCUT2D eigenvalue weighted by molar-refractivity contribution is 5.73. The minimum atomic E-state index is -0.251. The largest absolute Gasteiger partial charge is 0.493 e. The van der Waals surface area contributed by atoms with Crippen molar-refractivity contribution in [3.63, 3.8) is 0 Å². The topological polar surface area (TPSA) is 82.0 Å². The number of nitrogens with one attached hydrogen (secondary N) is 2. The summed E-state index contributed by atoms with van der Waals surface area (Å²) in [5.41, 5.74) is 0.968. The fourth-order valence-electron chi connectivity index (χ4n) is 2.24. The molecule has 0 radical (unpaired) electrons. The van der Waals surface area contributed by atoms with Crippen molar-refractivity contribution in [3.8, 4) is 17.2 Å². The second kappa shape index (κ2) is 8.71. The molecule has 0 bridgehead atoms. The van der Waals surface area contributed by atoms with Gasteiger partial charge in [0.15, 0.2) is 11.5 Å². The highest BCUT2D eigenvalue weighted by Gasteiger charge is 2.13. The number of carbonyl (C=O) groups excluding carboxylic acids is 1. The van der Waals surface area contributed by atoms with E-state index in [2.05, 4.69) is 10.6 Å². The van der Waals surface area contributed by atoms with Gasteiger partial charge < -0.3 is 29.3 Å². The number of carbonyl (C=O) groups is 1. The summed E-state index contributed by atoms with van der Waals surface area (Å²) in [6, 6.07) is 7.06. The number of methoxy groups -OCH3 is 3. The SMILES string of the molecule is COc1cc(CCNC(=O)NCc2ccco2)cc(OC)c1OC. The first-order valence-corrected chi connectivity index (χ1v) is 7.51. The number of hydrogen-bond acceptors (Lipinski definition) is 5. The van der Waals surface area contributed by atoms with E-state index in [0.29, 0.717) is 42.5 Å². The van der Waals surface area contributed by atoms with Crippen molar-refractivity contribution in [1.82, 2.24) is 10.6 Å². The fraction of sp³-hybridized carbons (Fsp3) is 0.353. The van der Waals surface area contributed by atoms with Gasteiger partial charge in [-0.2, -0.15) is 0 Å². The van der Waals surface area contributed by atoms with Gasteiger partial charge >= 0.3 is 6.03 Å². The van der Waals surface area contributed by atoms with Gasteiger partial charge in [0.1, 0.15) is 5.76 Å². The Hall–Kier alpha value is -2.83. The van der Waals surface area contributed by atoms with Crippen LogP contribution in [0.15, 0.2) is 34.9 Å². The molecule has 0 fully saturated rings. The van der Waals surface area contributed by atoms with Crippen LogP contribution in [0.5, 0.6) is 17.2 Å². The second-order valence-corrected chi connectivity index (χ2v) is 4.97.